The van der Waals surface area contributed by atoms with Crippen LogP contribution in [-0.4, -0.2) is 72.4 Å². The van der Waals surface area contributed by atoms with E-state index >= 15 is 0 Å². The normalized spacial score (nSPS) is 19.5. The zero-order chi connectivity index (χ0) is 16.0. The van der Waals surface area contributed by atoms with E-state index in [2.05, 4.69) is 10.2 Å². The van der Waals surface area contributed by atoms with Crippen molar-refractivity contribution in [2.45, 2.75) is 19.5 Å². The Balaban J connectivity index is 2.46. The fraction of sp³-hybridized carbons (Fsp3) is 0.833. The third kappa shape index (κ3) is 6.65. The predicted octanol–water partition coefficient (Wildman–Crippen LogP) is 0.987. The molecule has 0 aromatic rings. The molecule has 0 aromatic heterocycles. The third-order valence-corrected chi connectivity index (χ3v) is 3.34. The Hall–Kier alpha value is -1.51. The number of urea groups is 1. The number of aliphatic carboxylic acids is 1. The van der Waals surface area contributed by atoms with Gasteiger partial charge in [-0.1, -0.05) is 6.92 Å². The number of amides is 2. The Morgan fingerprint density at radius 3 is 2.57 bits per heavy atom. The topological polar surface area (TPSA) is 72.9 Å². The molecule has 1 aliphatic rings. The summed E-state index contributed by atoms with van der Waals surface area (Å²) in [5.41, 5.74) is 0. The molecule has 0 spiro atoms. The fourth-order valence-corrected chi connectivity index (χ4v) is 2.29. The summed E-state index contributed by atoms with van der Waals surface area (Å²) >= 11 is 0. The van der Waals surface area contributed by atoms with E-state index in [1.165, 1.54) is 0 Å². The van der Waals surface area contributed by atoms with Crippen molar-refractivity contribution in [3.8, 4) is 0 Å². The Morgan fingerprint density at radius 1 is 1.43 bits per heavy atom. The SMILES string of the molecule is CCN1CCC(CNC(=O)N(CC(=O)O)CC(F)(F)F)C1. The molecule has 21 heavy (non-hydrogen) atoms. The lowest BCUT2D eigenvalue weighted by molar-refractivity contribution is -0.148. The van der Waals surface area contributed by atoms with Crippen LogP contribution in [0.25, 0.3) is 0 Å². The molecule has 0 radical (unpaired) electrons. The number of carbonyl (C=O) groups is 2. The largest absolute Gasteiger partial charge is 0.480 e. The quantitative estimate of drug-likeness (QED) is 0.767. The van der Waals surface area contributed by atoms with Crippen molar-refractivity contribution in [2.75, 3.05) is 39.3 Å². The van der Waals surface area contributed by atoms with Gasteiger partial charge in [-0.3, -0.25) is 4.79 Å². The van der Waals surface area contributed by atoms with Gasteiger partial charge in [-0.15, -0.1) is 0 Å². The first-order valence-corrected chi connectivity index (χ1v) is 6.75. The van der Waals surface area contributed by atoms with Gasteiger partial charge in [0, 0.05) is 13.1 Å². The highest BCUT2D eigenvalue weighted by atomic mass is 19.4. The fourth-order valence-electron chi connectivity index (χ4n) is 2.29. The average Bonchev–Trinajstić information content (AvgIpc) is 2.80. The first kappa shape index (κ1) is 17.5. The maximum absolute atomic E-state index is 12.3. The van der Waals surface area contributed by atoms with E-state index in [-0.39, 0.29) is 17.4 Å². The third-order valence-electron chi connectivity index (χ3n) is 3.34. The summed E-state index contributed by atoms with van der Waals surface area (Å²) in [6.45, 7) is 2.30. The highest BCUT2D eigenvalue weighted by molar-refractivity contribution is 5.80. The van der Waals surface area contributed by atoms with Crippen molar-refractivity contribution in [1.82, 2.24) is 15.1 Å². The summed E-state index contributed by atoms with van der Waals surface area (Å²) in [6, 6.07) is -0.996. The molecule has 0 aliphatic carbocycles. The maximum atomic E-state index is 12.3. The van der Waals surface area contributed by atoms with Gasteiger partial charge in [0.05, 0.1) is 0 Å². The van der Waals surface area contributed by atoms with Crippen LogP contribution in [0.3, 0.4) is 0 Å². The molecular formula is C12H20F3N3O3. The number of carboxylic acid groups (broad SMARTS) is 1. The number of nitrogens with one attached hydrogen (secondary N) is 1. The number of likely N-dealkylation sites (tertiary alicyclic amines) is 1. The molecule has 2 amide bonds. The van der Waals surface area contributed by atoms with Gasteiger partial charge in [0.15, 0.2) is 0 Å². The first-order valence-electron chi connectivity index (χ1n) is 6.75. The predicted molar refractivity (Wildman–Crippen MR) is 68.9 cm³/mol. The summed E-state index contributed by atoms with van der Waals surface area (Å²) < 4.78 is 37.0. The molecule has 1 aliphatic heterocycles. The molecular weight excluding hydrogens is 291 g/mol. The molecule has 9 heteroatoms. The smallest absolute Gasteiger partial charge is 0.406 e. The first-order chi connectivity index (χ1) is 9.71. The minimum Gasteiger partial charge on any atom is -0.480 e. The number of nitrogens with zero attached hydrogens (tertiary/aromatic N) is 2. The molecule has 0 aromatic carbocycles. The van der Waals surface area contributed by atoms with Gasteiger partial charge in [0.25, 0.3) is 0 Å². The van der Waals surface area contributed by atoms with E-state index in [9.17, 15) is 22.8 Å². The molecule has 1 heterocycles. The molecule has 0 bridgehead atoms. The number of rotatable bonds is 6. The molecule has 1 fully saturated rings. The molecule has 122 valence electrons. The number of halogens is 3. The van der Waals surface area contributed by atoms with E-state index < -0.39 is 31.3 Å². The number of carboxylic acids is 1. The van der Waals surface area contributed by atoms with Gasteiger partial charge < -0.3 is 20.2 Å². The number of alkyl halides is 3. The van der Waals surface area contributed by atoms with E-state index in [1.54, 1.807) is 0 Å². The van der Waals surface area contributed by atoms with Crippen LogP contribution >= 0.6 is 0 Å². The van der Waals surface area contributed by atoms with Crippen LogP contribution in [0.15, 0.2) is 0 Å². The van der Waals surface area contributed by atoms with Crippen molar-refractivity contribution in [2.24, 2.45) is 5.92 Å². The van der Waals surface area contributed by atoms with E-state index in [0.29, 0.717) is 0 Å². The van der Waals surface area contributed by atoms with Gasteiger partial charge in [-0.05, 0) is 25.4 Å². The van der Waals surface area contributed by atoms with Crippen molar-refractivity contribution in [1.29, 1.82) is 0 Å². The van der Waals surface area contributed by atoms with Gasteiger partial charge in [0.2, 0.25) is 0 Å². The zero-order valence-corrected chi connectivity index (χ0v) is 11.8. The Bertz CT molecular complexity index is 376. The Kier molecular flexibility index (Phi) is 6.25. The lowest BCUT2D eigenvalue weighted by Crippen LogP contribution is -2.48. The Morgan fingerprint density at radius 2 is 2.10 bits per heavy atom. The summed E-state index contributed by atoms with van der Waals surface area (Å²) in [5.74, 6) is -1.29. The van der Waals surface area contributed by atoms with Crippen LogP contribution in [-0.2, 0) is 4.79 Å². The molecule has 1 rings (SSSR count). The average molecular weight is 311 g/mol. The van der Waals surface area contributed by atoms with Gasteiger partial charge >= 0.3 is 18.2 Å². The molecule has 0 saturated carbocycles. The van der Waals surface area contributed by atoms with Crippen LogP contribution in [0.5, 0.6) is 0 Å². The highest BCUT2D eigenvalue weighted by Gasteiger charge is 2.34. The highest BCUT2D eigenvalue weighted by Crippen LogP contribution is 2.17. The van der Waals surface area contributed by atoms with Gasteiger partial charge in [-0.25, -0.2) is 4.79 Å². The number of carbonyl (C=O) groups excluding carboxylic acids is 1. The zero-order valence-electron chi connectivity index (χ0n) is 11.8. The van der Waals surface area contributed by atoms with Crippen LogP contribution in [0.2, 0.25) is 0 Å². The van der Waals surface area contributed by atoms with Crippen molar-refractivity contribution in [3.05, 3.63) is 0 Å². The maximum Gasteiger partial charge on any atom is 0.406 e. The standard InChI is InChI=1S/C12H20F3N3O3/c1-2-17-4-3-9(6-17)5-16-11(21)18(7-10(19)20)8-12(13,14)15/h9H,2-8H2,1H3,(H,16,21)(H,19,20). The van der Waals surface area contributed by atoms with Crippen molar-refractivity contribution >= 4 is 12.0 Å². The van der Waals surface area contributed by atoms with Crippen molar-refractivity contribution in [3.63, 3.8) is 0 Å². The Labute approximate surface area is 120 Å². The molecule has 1 saturated heterocycles. The second-order valence-electron chi connectivity index (χ2n) is 5.10. The second-order valence-corrected chi connectivity index (χ2v) is 5.10. The molecule has 6 nitrogen and oxygen atoms in total. The lowest BCUT2D eigenvalue weighted by Gasteiger charge is -2.23. The number of hydrogen-bond acceptors (Lipinski definition) is 3. The van der Waals surface area contributed by atoms with Gasteiger partial charge in [-0.2, -0.15) is 13.2 Å². The molecule has 2 N–H and O–H groups in total. The molecule has 1 atom stereocenters. The van der Waals surface area contributed by atoms with Crippen molar-refractivity contribution < 1.29 is 27.9 Å². The summed E-state index contributed by atoms with van der Waals surface area (Å²) in [6.07, 6.45) is -3.76. The van der Waals surface area contributed by atoms with Crippen LogP contribution in [0.1, 0.15) is 13.3 Å². The minimum atomic E-state index is -4.63. The number of hydrogen-bond donors (Lipinski definition) is 2. The van der Waals surface area contributed by atoms with Gasteiger partial charge in [0.1, 0.15) is 13.1 Å². The summed E-state index contributed by atoms with van der Waals surface area (Å²) in [4.78, 5) is 24.7. The van der Waals surface area contributed by atoms with E-state index in [0.717, 1.165) is 26.1 Å². The minimum absolute atomic E-state index is 0.187. The lowest BCUT2D eigenvalue weighted by atomic mass is 10.1. The monoisotopic (exact) mass is 311 g/mol. The second kappa shape index (κ2) is 7.48. The van der Waals surface area contributed by atoms with Crippen LogP contribution in [0, 0.1) is 5.92 Å². The van der Waals surface area contributed by atoms with E-state index in [1.807, 2.05) is 6.92 Å². The summed E-state index contributed by atoms with van der Waals surface area (Å²) in [7, 11) is 0. The van der Waals surface area contributed by atoms with Crippen LogP contribution < -0.4 is 5.32 Å². The van der Waals surface area contributed by atoms with E-state index in [4.69, 9.17) is 5.11 Å². The summed E-state index contributed by atoms with van der Waals surface area (Å²) in [5, 5.41) is 11.0. The van der Waals surface area contributed by atoms with Crippen LogP contribution in [0.4, 0.5) is 18.0 Å². The molecule has 1 unspecified atom stereocenters.